The number of fused-ring (bicyclic) bond motifs is 9. The number of aromatic nitrogens is 1. The first kappa shape index (κ1) is 41.4. The summed E-state index contributed by atoms with van der Waals surface area (Å²) in [6.07, 6.45) is 9.99. The first-order valence-corrected chi connectivity index (χ1v) is 24.6. The van der Waals surface area contributed by atoms with Gasteiger partial charge in [0.05, 0.1) is 5.69 Å². The van der Waals surface area contributed by atoms with Gasteiger partial charge in [-0.2, -0.15) is 0 Å². The number of rotatable bonds is 3. The third-order valence-electron chi connectivity index (χ3n) is 17.5. The molecular weight excluding hydrogens is 761 g/mol. The molecule has 63 heavy (non-hydrogen) atoms. The molecule has 0 amide bonds. The van der Waals surface area contributed by atoms with Gasteiger partial charge in [0.15, 0.2) is 0 Å². The van der Waals surface area contributed by atoms with Gasteiger partial charge in [-0.15, -0.1) is 0 Å². The standard InChI is InChI=1S/C59H72BN3/c1-53(2,3)37-15-18-39(19-16-37)62-47-22-17-38(54(4,5)6)29-45(47)60-46-31-43-44(58(13,14)35-57(43,11)12)32-48(46)63(40-20-21-41-42(30-40)56(9,10)34-55(41,7)8)52-51(60)49(62)33-50(61-52)59-26-23-36(24-27-59)25-28-59/h15-22,29-33,36H,23-28,34-35H2,1-14H3. The highest BCUT2D eigenvalue weighted by Gasteiger charge is 2.51. The number of hydrogen-bond donors (Lipinski definition) is 0. The molecule has 5 aliphatic carbocycles. The third-order valence-corrected chi connectivity index (χ3v) is 17.5. The molecule has 1 aromatic heterocycles. The van der Waals surface area contributed by atoms with Gasteiger partial charge in [0.2, 0.25) is 0 Å². The van der Waals surface area contributed by atoms with Crippen molar-refractivity contribution in [2.24, 2.45) is 5.92 Å². The van der Waals surface area contributed by atoms with Crippen LogP contribution in [0.4, 0.5) is 34.3 Å². The molecule has 3 heterocycles. The summed E-state index contributed by atoms with van der Waals surface area (Å²) >= 11 is 0. The fraction of sp³-hybridized carbons (Fsp3) is 0.508. The Morgan fingerprint density at radius 2 is 1.03 bits per heavy atom. The molecule has 3 fully saturated rings. The fourth-order valence-electron chi connectivity index (χ4n) is 14.5. The van der Waals surface area contributed by atoms with E-state index in [9.17, 15) is 0 Å². The summed E-state index contributed by atoms with van der Waals surface area (Å²) in [4.78, 5) is 11.5. The fourth-order valence-corrected chi connectivity index (χ4v) is 14.5. The van der Waals surface area contributed by atoms with Crippen molar-refractivity contribution in [2.75, 3.05) is 9.80 Å². The molecule has 2 bridgehead atoms. The van der Waals surface area contributed by atoms with Crippen LogP contribution in [0.15, 0.2) is 78.9 Å². The van der Waals surface area contributed by atoms with E-state index in [1.807, 2.05) is 0 Å². The zero-order chi connectivity index (χ0) is 44.6. The minimum atomic E-state index is -0.00308. The number of pyridine rings is 1. The smallest absolute Gasteiger partial charge is 0.254 e. The largest absolute Gasteiger partial charge is 0.311 e. The molecular formula is C59H72BN3. The Balaban J connectivity index is 1.27. The highest BCUT2D eigenvalue weighted by molar-refractivity contribution is 7.00. The van der Waals surface area contributed by atoms with Crippen LogP contribution >= 0.6 is 0 Å². The molecule has 0 N–H and O–H groups in total. The second kappa shape index (κ2) is 12.9. The second-order valence-corrected chi connectivity index (χ2v) is 26.0. The molecule has 3 saturated carbocycles. The number of hydrogen-bond acceptors (Lipinski definition) is 3. The van der Waals surface area contributed by atoms with Crippen LogP contribution in [0.3, 0.4) is 0 Å². The summed E-state index contributed by atoms with van der Waals surface area (Å²) in [7, 11) is 0. The normalized spacial score (nSPS) is 24.2. The molecule has 4 aromatic carbocycles. The van der Waals surface area contributed by atoms with E-state index >= 15 is 0 Å². The first-order valence-electron chi connectivity index (χ1n) is 24.6. The predicted molar refractivity (Wildman–Crippen MR) is 270 cm³/mol. The van der Waals surface area contributed by atoms with Crippen LogP contribution in [0.1, 0.15) is 187 Å². The first-order chi connectivity index (χ1) is 29.4. The molecule has 5 aromatic rings. The minimum absolute atomic E-state index is 0.00308. The Bertz CT molecular complexity index is 2710. The van der Waals surface area contributed by atoms with Crippen LogP contribution in [0.5, 0.6) is 0 Å². The van der Waals surface area contributed by atoms with Crippen molar-refractivity contribution in [3.8, 4) is 0 Å². The summed E-state index contributed by atoms with van der Waals surface area (Å²) in [5.74, 6) is 2.03. The van der Waals surface area contributed by atoms with E-state index in [4.69, 9.17) is 4.98 Å². The molecule has 0 radical (unpaired) electrons. The highest BCUT2D eigenvalue weighted by atomic mass is 15.2. The summed E-state index contributed by atoms with van der Waals surface area (Å²) in [6.45, 7) is 33.9. The van der Waals surface area contributed by atoms with E-state index in [0.29, 0.717) is 0 Å². The lowest BCUT2D eigenvalue weighted by Crippen LogP contribution is -2.62. The van der Waals surface area contributed by atoms with Crippen molar-refractivity contribution >= 4 is 57.4 Å². The van der Waals surface area contributed by atoms with E-state index in [2.05, 4.69) is 186 Å². The molecule has 0 atom stereocenters. The van der Waals surface area contributed by atoms with Crippen molar-refractivity contribution in [3.05, 3.63) is 118 Å². The highest BCUT2D eigenvalue weighted by Crippen LogP contribution is 2.57. The SMILES string of the molecule is CC(C)(C)c1ccc(N2c3ccc(C(C)(C)C)cc3B3c4cc5c(cc4N(c4ccc6c(c4)C(C)(C)CC6(C)C)c4nc(C67CCC(CC6)CC7)cc2c43)C(C)(C)CC5(C)C)cc1. The maximum absolute atomic E-state index is 6.19. The maximum atomic E-state index is 6.19. The van der Waals surface area contributed by atoms with Gasteiger partial charge in [-0.1, -0.05) is 133 Å². The van der Waals surface area contributed by atoms with Crippen LogP contribution in [-0.2, 0) is 37.9 Å². The van der Waals surface area contributed by atoms with E-state index in [-0.39, 0.29) is 44.6 Å². The Labute approximate surface area is 380 Å². The molecule has 326 valence electrons. The van der Waals surface area contributed by atoms with Gasteiger partial charge >= 0.3 is 0 Å². The van der Waals surface area contributed by atoms with Gasteiger partial charge in [-0.3, -0.25) is 4.90 Å². The average Bonchev–Trinajstić information content (AvgIpc) is 3.53. The third kappa shape index (κ3) is 6.07. The number of benzene rings is 4. The molecule has 12 rings (SSSR count). The van der Waals surface area contributed by atoms with Gasteiger partial charge in [0.1, 0.15) is 5.82 Å². The van der Waals surface area contributed by atoms with Crippen molar-refractivity contribution in [1.82, 2.24) is 4.98 Å². The summed E-state index contributed by atoms with van der Waals surface area (Å²) in [5.41, 5.74) is 21.2. The molecule has 4 heteroatoms. The van der Waals surface area contributed by atoms with Crippen LogP contribution in [0.2, 0.25) is 0 Å². The zero-order valence-electron chi connectivity index (χ0n) is 41.2. The van der Waals surface area contributed by atoms with Gasteiger partial charge in [-0.25, -0.2) is 4.98 Å². The Morgan fingerprint density at radius 1 is 0.508 bits per heavy atom. The van der Waals surface area contributed by atoms with Crippen LogP contribution in [0, 0.1) is 5.92 Å². The zero-order valence-corrected chi connectivity index (χ0v) is 41.2. The molecule has 0 unspecified atom stereocenters. The van der Waals surface area contributed by atoms with Crippen LogP contribution < -0.4 is 26.2 Å². The second-order valence-electron chi connectivity index (χ2n) is 26.0. The van der Waals surface area contributed by atoms with E-state index in [1.165, 1.54) is 122 Å². The van der Waals surface area contributed by atoms with E-state index in [0.717, 1.165) is 24.6 Å². The maximum Gasteiger partial charge on any atom is 0.254 e. The number of anilines is 6. The van der Waals surface area contributed by atoms with Crippen molar-refractivity contribution in [1.29, 1.82) is 0 Å². The van der Waals surface area contributed by atoms with Gasteiger partial charge in [0, 0.05) is 33.9 Å². The summed E-state index contributed by atoms with van der Waals surface area (Å²) < 4.78 is 0. The lowest BCUT2D eigenvalue weighted by atomic mass is 9.33. The quantitative estimate of drug-likeness (QED) is 0.165. The monoisotopic (exact) mass is 834 g/mol. The van der Waals surface area contributed by atoms with Gasteiger partial charge in [0.25, 0.3) is 6.71 Å². The summed E-state index contributed by atoms with van der Waals surface area (Å²) in [5, 5.41) is 0. The molecule has 0 saturated heterocycles. The molecule has 7 aliphatic rings. The van der Waals surface area contributed by atoms with E-state index < -0.39 is 0 Å². The van der Waals surface area contributed by atoms with Crippen molar-refractivity contribution < 1.29 is 0 Å². The van der Waals surface area contributed by atoms with Crippen molar-refractivity contribution in [2.45, 2.75) is 186 Å². The molecule has 0 spiro atoms. The average molecular weight is 834 g/mol. The summed E-state index contributed by atoms with van der Waals surface area (Å²) in [6, 6.07) is 32.5. The van der Waals surface area contributed by atoms with Gasteiger partial charge < -0.3 is 4.90 Å². The Morgan fingerprint density at radius 3 is 1.63 bits per heavy atom. The van der Waals surface area contributed by atoms with Crippen LogP contribution in [-0.4, -0.2) is 11.7 Å². The Hall–Kier alpha value is -4.31. The minimum Gasteiger partial charge on any atom is -0.311 e. The van der Waals surface area contributed by atoms with Crippen LogP contribution in [0.25, 0.3) is 0 Å². The molecule has 2 aliphatic heterocycles. The lowest BCUT2D eigenvalue weighted by molar-refractivity contribution is 0.132. The predicted octanol–water partition coefficient (Wildman–Crippen LogP) is 13.9. The van der Waals surface area contributed by atoms with Crippen molar-refractivity contribution in [3.63, 3.8) is 0 Å². The Kier molecular flexibility index (Phi) is 8.51. The van der Waals surface area contributed by atoms with Gasteiger partial charge in [-0.05, 0) is 182 Å². The van der Waals surface area contributed by atoms with E-state index in [1.54, 1.807) is 0 Å². The topological polar surface area (TPSA) is 19.4 Å². The lowest BCUT2D eigenvalue weighted by Gasteiger charge is -2.49. The molecule has 3 nitrogen and oxygen atoms in total. The number of nitrogens with zero attached hydrogens (tertiary/aromatic N) is 3.